The van der Waals surface area contributed by atoms with Gasteiger partial charge in [-0.15, -0.1) is 0 Å². The molecule has 2 aromatic carbocycles. The summed E-state index contributed by atoms with van der Waals surface area (Å²) in [4.78, 5) is 52.5. The Labute approximate surface area is 280 Å². The van der Waals surface area contributed by atoms with Crippen LogP contribution < -0.4 is 10.6 Å². The van der Waals surface area contributed by atoms with Crippen molar-refractivity contribution in [2.45, 2.75) is 58.7 Å². The maximum absolute atomic E-state index is 14.4. The number of carbonyl (C=O) groups is 3. The van der Waals surface area contributed by atoms with Crippen LogP contribution in [0.1, 0.15) is 61.0 Å². The highest BCUT2D eigenvalue weighted by molar-refractivity contribution is 7.98. The van der Waals surface area contributed by atoms with Crippen LogP contribution in [0, 0.1) is 12.8 Å². The summed E-state index contributed by atoms with van der Waals surface area (Å²) in [7, 11) is 0. The molecule has 5 rings (SSSR count). The average molecular weight is 654 g/mol. The fourth-order valence-corrected chi connectivity index (χ4v) is 6.30. The second-order valence-corrected chi connectivity index (χ2v) is 13.1. The lowest BCUT2D eigenvalue weighted by Gasteiger charge is -2.28. The number of fused-ring (bicyclic) bond motifs is 1. The van der Waals surface area contributed by atoms with Gasteiger partial charge in [-0.1, -0.05) is 74.5 Å². The number of hydrogen-bond donors (Lipinski definition) is 2. The molecule has 47 heavy (non-hydrogen) atoms. The van der Waals surface area contributed by atoms with Crippen molar-refractivity contribution >= 4 is 29.5 Å². The van der Waals surface area contributed by atoms with Gasteiger partial charge in [0.25, 0.3) is 5.91 Å². The molecule has 246 valence electrons. The van der Waals surface area contributed by atoms with Crippen LogP contribution in [0.2, 0.25) is 0 Å². The first-order valence-corrected chi connectivity index (χ1v) is 17.5. The Balaban J connectivity index is 1.56. The third-order valence-corrected chi connectivity index (χ3v) is 9.02. The Hall–Kier alpha value is -4.51. The van der Waals surface area contributed by atoms with E-state index in [1.165, 1.54) is 0 Å². The Bertz CT molecular complexity index is 1680. The lowest BCUT2D eigenvalue weighted by Crippen LogP contribution is -2.49. The van der Waals surface area contributed by atoms with Gasteiger partial charge in [-0.25, -0.2) is 9.67 Å². The van der Waals surface area contributed by atoms with Gasteiger partial charge in [-0.05, 0) is 54.9 Å². The number of carbonyl (C=O) groups excluding carboxylic acids is 3. The zero-order valence-electron chi connectivity index (χ0n) is 27.5. The van der Waals surface area contributed by atoms with Crippen LogP contribution in [0.4, 0.5) is 0 Å². The van der Waals surface area contributed by atoms with E-state index in [2.05, 4.69) is 15.6 Å². The second-order valence-electron chi connectivity index (χ2n) is 12.1. The Morgan fingerprint density at radius 3 is 2.34 bits per heavy atom. The second kappa shape index (κ2) is 15.9. The van der Waals surface area contributed by atoms with Gasteiger partial charge >= 0.3 is 0 Å². The van der Waals surface area contributed by atoms with Gasteiger partial charge in [0, 0.05) is 31.3 Å². The number of thioether (sulfide) groups is 1. The van der Waals surface area contributed by atoms with E-state index in [4.69, 9.17) is 10.1 Å². The smallest absolute Gasteiger partial charge is 0.256 e. The van der Waals surface area contributed by atoms with Crippen molar-refractivity contribution in [3.63, 3.8) is 0 Å². The molecule has 4 aromatic rings. The van der Waals surface area contributed by atoms with Crippen LogP contribution in [0.25, 0.3) is 22.5 Å². The molecule has 0 aliphatic carbocycles. The normalized spacial score (nSPS) is 17.9. The minimum atomic E-state index is -0.687. The average Bonchev–Trinajstić information content (AvgIpc) is 3.50. The van der Waals surface area contributed by atoms with Crippen molar-refractivity contribution < 1.29 is 14.4 Å². The van der Waals surface area contributed by atoms with Gasteiger partial charge in [0.1, 0.15) is 6.04 Å². The molecule has 2 N–H and O–H groups in total. The molecular weight excluding hydrogens is 611 g/mol. The molecule has 2 aromatic heterocycles. The standard InChI is InChI=1S/C36H43N7O3S/c1-24(2)32-34-40-33(27-14-9-6-10-15-27)41-43(34)22-21-42(20-11-16-30(44)38-29(18-23-47-4)35(45)39-32)36(46)31-25(3)37-19-17-28(31)26-12-7-5-8-13-26/h5-10,12-15,17,19,24,29,32H,11,16,18,20-23H2,1-4H3,(H,38,44)(H,39,45)/t29-,32+/m0/s1. The summed E-state index contributed by atoms with van der Waals surface area (Å²) in [6.45, 7) is 6.92. The Morgan fingerprint density at radius 1 is 0.957 bits per heavy atom. The number of hydrogen-bond acceptors (Lipinski definition) is 7. The molecule has 0 bridgehead atoms. The summed E-state index contributed by atoms with van der Waals surface area (Å²) in [5, 5.41) is 11.1. The monoisotopic (exact) mass is 653 g/mol. The predicted octanol–water partition coefficient (Wildman–Crippen LogP) is 5.30. The van der Waals surface area contributed by atoms with Crippen LogP contribution in [0.3, 0.4) is 0 Å². The van der Waals surface area contributed by atoms with Gasteiger partial charge in [-0.3, -0.25) is 19.4 Å². The molecule has 11 heteroatoms. The van der Waals surface area contributed by atoms with E-state index >= 15 is 0 Å². The molecular formula is C36H43N7O3S. The number of aromatic nitrogens is 4. The first-order chi connectivity index (χ1) is 22.8. The lowest BCUT2D eigenvalue weighted by atomic mass is 9.98. The van der Waals surface area contributed by atoms with Gasteiger partial charge in [0.2, 0.25) is 11.8 Å². The fraction of sp³-hybridized carbons (Fsp3) is 0.389. The number of rotatable bonds is 7. The maximum atomic E-state index is 14.4. The van der Waals surface area contributed by atoms with Crippen molar-refractivity contribution in [3.05, 3.63) is 90.0 Å². The molecule has 2 atom stereocenters. The van der Waals surface area contributed by atoms with E-state index in [0.29, 0.717) is 55.4 Å². The van der Waals surface area contributed by atoms with Crippen molar-refractivity contribution in [2.75, 3.05) is 25.1 Å². The topological polar surface area (TPSA) is 122 Å². The summed E-state index contributed by atoms with van der Waals surface area (Å²) in [6, 6.07) is 20.3. The summed E-state index contributed by atoms with van der Waals surface area (Å²) in [5.74, 6) is 1.23. The third kappa shape index (κ3) is 8.26. The van der Waals surface area contributed by atoms with E-state index in [0.717, 1.165) is 22.4 Å². The van der Waals surface area contributed by atoms with E-state index in [1.807, 2.05) is 98.4 Å². The summed E-state index contributed by atoms with van der Waals surface area (Å²) in [5.41, 5.74) is 3.78. The highest BCUT2D eigenvalue weighted by Crippen LogP contribution is 2.28. The molecule has 10 nitrogen and oxygen atoms in total. The van der Waals surface area contributed by atoms with Gasteiger partial charge < -0.3 is 15.5 Å². The van der Waals surface area contributed by atoms with Crippen molar-refractivity contribution in [2.24, 2.45) is 5.92 Å². The summed E-state index contributed by atoms with van der Waals surface area (Å²) < 4.78 is 1.82. The van der Waals surface area contributed by atoms with Crippen LogP contribution in [0.5, 0.6) is 0 Å². The molecule has 3 amide bonds. The number of nitrogens with one attached hydrogen (secondary N) is 2. The minimum Gasteiger partial charge on any atom is -0.344 e. The molecule has 1 aliphatic heterocycles. The Kier molecular flexibility index (Phi) is 11.4. The molecule has 0 saturated heterocycles. The van der Waals surface area contributed by atoms with Crippen LogP contribution >= 0.6 is 11.8 Å². The van der Waals surface area contributed by atoms with E-state index < -0.39 is 12.1 Å². The van der Waals surface area contributed by atoms with E-state index in [9.17, 15) is 14.4 Å². The largest absolute Gasteiger partial charge is 0.344 e. The molecule has 3 heterocycles. The number of pyridine rings is 1. The maximum Gasteiger partial charge on any atom is 0.256 e. The quantitative estimate of drug-likeness (QED) is 0.278. The van der Waals surface area contributed by atoms with Crippen LogP contribution in [0.15, 0.2) is 72.9 Å². The highest BCUT2D eigenvalue weighted by atomic mass is 32.2. The minimum absolute atomic E-state index is 0.0282. The number of nitrogens with zero attached hydrogens (tertiary/aromatic N) is 5. The van der Waals surface area contributed by atoms with E-state index in [1.54, 1.807) is 22.9 Å². The lowest BCUT2D eigenvalue weighted by molar-refractivity contribution is -0.129. The van der Waals surface area contributed by atoms with Gasteiger partial charge in [-0.2, -0.15) is 16.9 Å². The first-order valence-electron chi connectivity index (χ1n) is 16.2. The van der Waals surface area contributed by atoms with Crippen LogP contribution in [-0.2, 0) is 16.1 Å². The molecule has 0 spiro atoms. The SMILES string of the molecule is CSCC[C@@H]1NC(=O)CCCN(C(=O)c2c(-c3ccccc3)ccnc2C)CCn2nc(-c3ccccc3)nc2[C@@H](C(C)C)NC1=O. The summed E-state index contributed by atoms with van der Waals surface area (Å²) in [6.07, 6.45) is 4.82. The van der Waals surface area contributed by atoms with Gasteiger partial charge in [0.05, 0.1) is 23.8 Å². The van der Waals surface area contributed by atoms with Crippen molar-refractivity contribution in [1.29, 1.82) is 0 Å². The zero-order chi connectivity index (χ0) is 33.3. The third-order valence-electron chi connectivity index (χ3n) is 8.38. The van der Waals surface area contributed by atoms with E-state index in [-0.39, 0.29) is 30.1 Å². The molecule has 0 fully saturated rings. The number of amides is 3. The van der Waals surface area contributed by atoms with Crippen molar-refractivity contribution in [1.82, 2.24) is 35.3 Å². The highest BCUT2D eigenvalue weighted by Gasteiger charge is 2.31. The van der Waals surface area contributed by atoms with Gasteiger partial charge in [0.15, 0.2) is 11.6 Å². The number of aryl methyl sites for hydroxylation is 1. The molecule has 1 aliphatic rings. The first kappa shape index (κ1) is 33.8. The summed E-state index contributed by atoms with van der Waals surface area (Å²) >= 11 is 1.62. The van der Waals surface area contributed by atoms with Crippen molar-refractivity contribution in [3.8, 4) is 22.5 Å². The predicted molar refractivity (Wildman–Crippen MR) is 186 cm³/mol. The molecule has 0 saturated carbocycles. The molecule has 0 unspecified atom stereocenters. The fourth-order valence-electron chi connectivity index (χ4n) is 5.83. The zero-order valence-corrected chi connectivity index (χ0v) is 28.3. The molecule has 0 radical (unpaired) electrons. The van der Waals surface area contributed by atoms with Crippen LogP contribution in [-0.4, -0.2) is 73.5 Å². The Morgan fingerprint density at radius 2 is 1.66 bits per heavy atom. The number of benzene rings is 2.